The summed E-state index contributed by atoms with van der Waals surface area (Å²) < 4.78 is 11.3. The van der Waals surface area contributed by atoms with E-state index < -0.39 is 0 Å². The number of ether oxygens (including phenoxy) is 2. The lowest BCUT2D eigenvalue weighted by molar-refractivity contribution is -0.127. The Kier molecular flexibility index (Phi) is 6.00. The van der Waals surface area contributed by atoms with Gasteiger partial charge >= 0.3 is 0 Å². The average molecular weight is 409 g/mol. The molecule has 5 nitrogen and oxygen atoms in total. The number of piperidine rings is 1. The zero-order chi connectivity index (χ0) is 21.1. The summed E-state index contributed by atoms with van der Waals surface area (Å²) in [5, 5.41) is 3.33. The molecule has 0 bridgehead atoms. The molecule has 1 N–H and O–H groups in total. The first-order valence-corrected chi connectivity index (χ1v) is 10.9. The molecule has 2 aromatic carbocycles. The van der Waals surface area contributed by atoms with E-state index in [0.29, 0.717) is 0 Å². The monoisotopic (exact) mass is 408 g/mol. The fraction of sp³-hybridized carbons (Fsp3) is 0.480. The van der Waals surface area contributed by atoms with Crippen molar-refractivity contribution in [1.82, 2.24) is 10.2 Å². The van der Waals surface area contributed by atoms with E-state index >= 15 is 0 Å². The summed E-state index contributed by atoms with van der Waals surface area (Å²) >= 11 is 0. The van der Waals surface area contributed by atoms with Gasteiger partial charge in [0.15, 0.2) is 0 Å². The van der Waals surface area contributed by atoms with E-state index in [1.807, 2.05) is 30.3 Å². The lowest BCUT2D eigenvalue weighted by atomic mass is 9.88. The van der Waals surface area contributed by atoms with Gasteiger partial charge in [-0.15, -0.1) is 0 Å². The molecule has 0 spiro atoms. The van der Waals surface area contributed by atoms with E-state index in [2.05, 4.69) is 42.3 Å². The SMILES string of the molecule is COc1ccc(CN2CCC(C(=O)N[C@H]3CC(C)(C)Oc4ccccc43)CC2)cc1. The second kappa shape index (κ2) is 8.68. The van der Waals surface area contributed by atoms with Crippen LogP contribution in [0.2, 0.25) is 0 Å². The number of para-hydroxylation sites is 1. The Labute approximate surface area is 179 Å². The van der Waals surface area contributed by atoms with Gasteiger partial charge in [0.25, 0.3) is 0 Å². The summed E-state index contributed by atoms with van der Waals surface area (Å²) in [6.45, 7) is 6.97. The van der Waals surface area contributed by atoms with Crippen LogP contribution in [0.4, 0.5) is 0 Å². The number of rotatable bonds is 5. The Hall–Kier alpha value is -2.53. The molecule has 1 saturated heterocycles. The largest absolute Gasteiger partial charge is 0.497 e. The van der Waals surface area contributed by atoms with Crippen LogP contribution in [-0.2, 0) is 11.3 Å². The maximum Gasteiger partial charge on any atom is 0.223 e. The predicted molar refractivity (Wildman–Crippen MR) is 118 cm³/mol. The number of carbonyl (C=O) groups excluding carboxylic acids is 1. The number of nitrogens with one attached hydrogen (secondary N) is 1. The average Bonchev–Trinajstić information content (AvgIpc) is 2.74. The van der Waals surface area contributed by atoms with Crippen molar-refractivity contribution >= 4 is 5.91 Å². The van der Waals surface area contributed by atoms with Gasteiger partial charge in [-0.25, -0.2) is 0 Å². The van der Waals surface area contributed by atoms with Crippen LogP contribution in [-0.4, -0.2) is 36.6 Å². The topological polar surface area (TPSA) is 50.8 Å². The van der Waals surface area contributed by atoms with Gasteiger partial charge in [-0.3, -0.25) is 9.69 Å². The van der Waals surface area contributed by atoms with E-state index in [1.54, 1.807) is 7.11 Å². The van der Waals surface area contributed by atoms with Crippen molar-refractivity contribution in [3.8, 4) is 11.5 Å². The summed E-state index contributed by atoms with van der Waals surface area (Å²) in [5.74, 6) is 2.02. The van der Waals surface area contributed by atoms with Crippen molar-refractivity contribution < 1.29 is 14.3 Å². The Morgan fingerprint density at radius 3 is 2.53 bits per heavy atom. The van der Waals surface area contributed by atoms with E-state index in [4.69, 9.17) is 9.47 Å². The van der Waals surface area contributed by atoms with Crippen LogP contribution in [0.5, 0.6) is 11.5 Å². The molecule has 1 atom stereocenters. The zero-order valence-electron chi connectivity index (χ0n) is 18.2. The highest BCUT2D eigenvalue weighted by molar-refractivity contribution is 5.79. The molecular formula is C25H32N2O3. The Bertz CT molecular complexity index is 870. The van der Waals surface area contributed by atoms with Crippen LogP contribution >= 0.6 is 0 Å². The lowest BCUT2D eigenvalue weighted by Gasteiger charge is -2.39. The number of amides is 1. The first-order chi connectivity index (χ1) is 14.4. The maximum atomic E-state index is 13.0. The minimum absolute atomic E-state index is 0.00905. The molecule has 2 aliphatic rings. The van der Waals surface area contributed by atoms with E-state index in [-0.39, 0.29) is 23.5 Å². The number of likely N-dealkylation sites (tertiary alicyclic amines) is 1. The van der Waals surface area contributed by atoms with Gasteiger partial charge in [0.05, 0.1) is 13.2 Å². The summed E-state index contributed by atoms with van der Waals surface area (Å²) in [7, 11) is 1.69. The van der Waals surface area contributed by atoms with Crippen LogP contribution in [0.15, 0.2) is 48.5 Å². The van der Waals surface area contributed by atoms with E-state index in [0.717, 1.165) is 56.0 Å². The molecule has 2 aromatic rings. The van der Waals surface area contributed by atoms with Gasteiger partial charge in [-0.05, 0) is 63.5 Å². The first kappa shape index (κ1) is 20.7. The van der Waals surface area contributed by atoms with Crippen molar-refractivity contribution in [2.24, 2.45) is 5.92 Å². The Balaban J connectivity index is 1.32. The highest BCUT2D eigenvalue weighted by Crippen LogP contribution is 2.39. The molecule has 5 heteroatoms. The quantitative estimate of drug-likeness (QED) is 0.800. The smallest absolute Gasteiger partial charge is 0.223 e. The fourth-order valence-corrected chi connectivity index (χ4v) is 4.56. The molecule has 160 valence electrons. The van der Waals surface area contributed by atoms with Crippen molar-refractivity contribution in [1.29, 1.82) is 0 Å². The number of nitrogens with zero attached hydrogens (tertiary/aromatic N) is 1. The van der Waals surface area contributed by atoms with Gasteiger partial charge in [0.2, 0.25) is 5.91 Å². The van der Waals surface area contributed by atoms with Crippen LogP contribution < -0.4 is 14.8 Å². The standard InChI is InChI=1S/C25H32N2O3/c1-25(2)16-22(21-6-4-5-7-23(21)30-25)26-24(28)19-12-14-27(15-13-19)17-18-8-10-20(29-3)11-9-18/h4-11,19,22H,12-17H2,1-3H3,(H,26,28)/t22-/m0/s1. The van der Waals surface area contributed by atoms with Crippen molar-refractivity contribution in [2.75, 3.05) is 20.2 Å². The summed E-state index contributed by atoms with van der Waals surface area (Å²) in [4.78, 5) is 15.5. The number of hydrogen-bond donors (Lipinski definition) is 1. The molecule has 0 aliphatic carbocycles. The molecule has 2 aliphatic heterocycles. The highest BCUT2D eigenvalue weighted by atomic mass is 16.5. The molecule has 0 radical (unpaired) electrons. The summed E-state index contributed by atoms with van der Waals surface area (Å²) in [6.07, 6.45) is 2.58. The third-order valence-electron chi connectivity index (χ3n) is 6.22. The molecule has 2 heterocycles. The second-order valence-electron chi connectivity index (χ2n) is 9.06. The third-order valence-corrected chi connectivity index (χ3v) is 6.22. The molecule has 0 unspecified atom stereocenters. The van der Waals surface area contributed by atoms with Gasteiger partial charge in [-0.2, -0.15) is 0 Å². The minimum atomic E-state index is -0.284. The predicted octanol–water partition coefficient (Wildman–Crippen LogP) is 4.33. The molecule has 1 fully saturated rings. The minimum Gasteiger partial charge on any atom is -0.497 e. The lowest BCUT2D eigenvalue weighted by Crippen LogP contribution is -2.45. The summed E-state index contributed by atoms with van der Waals surface area (Å²) in [5.41, 5.74) is 2.08. The summed E-state index contributed by atoms with van der Waals surface area (Å²) in [6, 6.07) is 16.3. The Morgan fingerprint density at radius 2 is 1.83 bits per heavy atom. The van der Waals surface area contributed by atoms with Gasteiger partial charge in [0.1, 0.15) is 17.1 Å². The van der Waals surface area contributed by atoms with Gasteiger partial charge in [0, 0.05) is 24.4 Å². The van der Waals surface area contributed by atoms with Gasteiger partial charge < -0.3 is 14.8 Å². The number of benzene rings is 2. The first-order valence-electron chi connectivity index (χ1n) is 10.9. The second-order valence-corrected chi connectivity index (χ2v) is 9.06. The normalized spacial score (nSPS) is 21.4. The van der Waals surface area contributed by atoms with Crippen LogP contribution in [0.3, 0.4) is 0 Å². The van der Waals surface area contributed by atoms with Crippen molar-refractivity contribution in [3.05, 3.63) is 59.7 Å². The van der Waals surface area contributed by atoms with E-state index in [9.17, 15) is 4.79 Å². The van der Waals surface area contributed by atoms with E-state index in [1.165, 1.54) is 5.56 Å². The van der Waals surface area contributed by atoms with Crippen LogP contribution in [0.25, 0.3) is 0 Å². The van der Waals surface area contributed by atoms with Crippen LogP contribution in [0.1, 0.15) is 50.3 Å². The number of methoxy groups -OCH3 is 1. The number of hydrogen-bond acceptors (Lipinski definition) is 4. The molecule has 0 aromatic heterocycles. The molecule has 0 saturated carbocycles. The molecule has 30 heavy (non-hydrogen) atoms. The zero-order valence-corrected chi connectivity index (χ0v) is 18.2. The fourth-order valence-electron chi connectivity index (χ4n) is 4.56. The third kappa shape index (κ3) is 4.78. The van der Waals surface area contributed by atoms with Gasteiger partial charge in [-0.1, -0.05) is 30.3 Å². The van der Waals surface area contributed by atoms with Crippen LogP contribution in [0, 0.1) is 5.92 Å². The van der Waals surface area contributed by atoms with Crippen molar-refractivity contribution in [3.63, 3.8) is 0 Å². The molecule has 1 amide bonds. The maximum absolute atomic E-state index is 13.0. The van der Waals surface area contributed by atoms with Crippen molar-refractivity contribution in [2.45, 2.75) is 51.3 Å². The molecular weight excluding hydrogens is 376 g/mol. The number of carbonyl (C=O) groups is 1. The molecule has 4 rings (SSSR count). The Morgan fingerprint density at radius 1 is 1.13 bits per heavy atom. The number of fused-ring (bicyclic) bond motifs is 1. The highest BCUT2D eigenvalue weighted by Gasteiger charge is 2.35.